The fourth-order valence-corrected chi connectivity index (χ4v) is 1.53. The largest absolute Gasteiger partial charge is 0.454 e. The average Bonchev–Trinajstić information content (AvgIpc) is 2.81. The number of thiazole rings is 1. The smallest absolute Gasteiger partial charge is 0.358 e. The van der Waals surface area contributed by atoms with Crippen molar-refractivity contribution in [1.29, 1.82) is 0 Å². The molecule has 0 radical (unpaired) electrons. The van der Waals surface area contributed by atoms with Crippen LogP contribution >= 0.6 is 11.3 Å². The van der Waals surface area contributed by atoms with Crippen LogP contribution in [0.25, 0.3) is 0 Å². The maximum absolute atomic E-state index is 11.4. The topological polar surface area (TPSA) is 52.1 Å². The van der Waals surface area contributed by atoms with Gasteiger partial charge < -0.3 is 4.74 Å². The van der Waals surface area contributed by atoms with Crippen molar-refractivity contribution in [2.24, 2.45) is 0 Å². The standard InChI is InChI=1S/C10H8N2O2S/c13-10(9-6-15-7-12-9)14-5-8-3-1-2-4-11-8/h1-4,6-7H,5H2. The zero-order valence-corrected chi connectivity index (χ0v) is 8.61. The third kappa shape index (κ3) is 2.60. The summed E-state index contributed by atoms with van der Waals surface area (Å²) in [5, 5.41) is 1.65. The number of nitrogens with zero attached hydrogens (tertiary/aromatic N) is 2. The third-order valence-corrected chi connectivity index (χ3v) is 2.31. The minimum absolute atomic E-state index is 0.178. The van der Waals surface area contributed by atoms with Crippen LogP contribution in [0.15, 0.2) is 35.3 Å². The summed E-state index contributed by atoms with van der Waals surface area (Å²) in [6.45, 7) is 0.178. The first-order valence-corrected chi connectivity index (χ1v) is 5.26. The molecule has 0 saturated carbocycles. The van der Waals surface area contributed by atoms with Gasteiger partial charge in [-0.15, -0.1) is 11.3 Å². The number of carbonyl (C=O) groups is 1. The van der Waals surface area contributed by atoms with E-state index < -0.39 is 5.97 Å². The second-order valence-corrected chi connectivity index (χ2v) is 3.49. The van der Waals surface area contributed by atoms with E-state index >= 15 is 0 Å². The van der Waals surface area contributed by atoms with E-state index in [0.29, 0.717) is 5.69 Å². The van der Waals surface area contributed by atoms with E-state index in [1.54, 1.807) is 23.2 Å². The molecule has 0 aromatic carbocycles. The summed E-state index contributed by atoms with van der Waals surface area (Å²) in [5.74, 6) is -0.415. The van der Waals surface area contributed by atoms with Crippen LogP contribution in [-0.4, -0.2) is 15.9 Å². The molecule has 2 aromatic rings. The van der Waals surface area contributed by atoms with Crippen LogP contribution in [-0.2, 0) is 11.3 Å². The predicted octanol–water partition coefficient (Wildman–Crippen LogP) is 1.90. The number of hydrogen-bond acceptors (Lipinski definition) is 5. The average molecular weight is 220 g/mol. The number of hydrogen-bond donors (Lipinski definition) is 0. The molecular formula is C10H8N2O2S. The van der Waals surface area contributed by atoms with E-state index in [2.05, 4.69) is 9.97 Å². The molecule has 2 heterocycles. The first-order chi connectivity index (χ1) is 7.36. The quantitative estimate of drug-likeness (QED) is 0.741. The van der Waals surface area contributed by atoms with Crippen LogP contribution in [0.2, 0.25) is 0 Å². The Kier molecular flexibility index (Phi) is 3.04. The van der Waals surface area contributed by atoms with Gasteiger partial charge in [-0.25, -0.2) is 9.78 Å². The van der Waals surface area contributed by atoms with Crippen molar-refractivity contribution in [3.63, 3.8) is 0 Å². The minimum Gasteiger partial charge on any atom is -0.454 e. The summed E-state index contributed by atoms with van der Waals surface area (Å²) < 4.78 is 5.02. The van der Waals surface area contributed by atoms with Crippen LogP contribution in [0.3, 0.4) is 0 Å². The number of esters is 1. The van der Waals surface area contributed by atoms with Crippen LogP contribution in [0.4, 0.5) is 0 Å². The van der Waals surface area contributed by atoms with Crippen molar-refractivity contribution < 1.29 is 9.53 Å². The van der Waals surface area contributed by atoms with Gasteiger partial charge >= 0.3 is 5.97 Å². The van der Waals surface area contributed by atoms with E-state index in [0.717, 1.165) is 5.69 Å². The summed E-state index contributed by atoms with van der Waals surface area (Å²) in [4.78, 5) is 19.3. The fraction of sp³-hybridized carbons (Fsp3) is 0.100. The van der Waals surface area contributed by atoms with E-state index in [1.807, 2.05) is 12.1 Å². The molecule has 0 unspecified atom stereocenters. The lowest BCUT2D eigenvalue weighted by molar-refractivity contribution is 0.0461. The van der Waals surface area contributed by atoms with Gasteiger partial charge in [0.05, 0.1) is 11.2 Å². The normalized spacial score (nSPS) is 9.87. The van der Waals surface area contributed by atoms with Gasteiger partial charge in [0.25, 0.3) is 0 Å². The summed E-state index contributed by atoms with van der Waals surface area (Å²) in [7, 11) is 0. The summed E-state index contributed by atoms with van der Waals surface area (Å²) in [6.07, 6.45) is 1.66. The summed E-state index contributed by atoms with van der Waals surface area (Å²) in [6, 6.07) is 5.46. The SMILES string of the molecule is O=C(OCc1ccccn1)c1cscn1. The Hall–Kier alpha value is -1.75. The lowest BCUT2D eigenvalue weighted by atomic mass is 10.4. The second-order valence-electron chi connectivity index (χ2n) is 2.77. The number of aromatic nitrogens is 2. The molecule has 0 spiro atoms. The van der Waals surface area contributed by atoms with Gasteiger partial charge in [0.2, 0.25) is 0 Å². The molecule has 0 N–H and O–H groups in total. The Labute approximate surface area is 90.6 Å². The van der Waals surface area contributed by atoms with Crippen LogP contribution in [0.1, 0.15) is 16.2 Å². The molecule has 2 rings (SSSR count). The predicted molar refractivity (Wildman–Crippen MR) is 55.5 cm³/mol. The molecule has 76 valence electrons. The molecule has 0 aliphatic heterocycles. The third-order valence-electron chi connectivity index (χ3n) is 1.72. The highest BCUT2D eigenvalue weighted by molar-refractivity contribution is 7.07. The van der Waals surface area contributed by atoms with Gasteiger partial charge in [0, 0.05) is 11.6 Å². The Morgan fingerprint density at radius 3 is 3.00 bits per heavy atom. The lowest BCUT2D eigenvalue weighted by Crippen LogP contribution is -2.06. The fourth-order valence-electron chi connectivity index (χ4n) is 1.01. The van der Waals surface area contributed by atoms with Gasteiger partial charge in [-0.1, -0.05) is 6.07 Å². The number of rotatable bonds is 3. The molecule has 5 heteroatoms. The molecular weight excluding hydrogens is 212 g/mol. The molecule has 0 fully saturated rings. The molecule has 0 aliphatic carbocycles. The van der Waals surface area contributed by atoms with E-state index in [-0.39, 0.29) is 6.61 Å². The van der Waals surface area contributed by atoms with E-state index in [4.69, 9.17) is 4.74 Å². The van der Waals surface area contributed by atoms with E-state index in [1.165, 1.54) is 11.3 Å². The highest BCUT2D eigenvalue weighted by atomic mass is 32.1. The molecule has 4 nitrogen and oxygen atoms in total. The van der Waals surface area contributed by atoms with Gasteiger partial charge in [0.15, 0.2) is 5.69 Å². The zero-order valence-electron chi connectivity index (χ0n) is 7.79. The highest BCUT2D eigenvalue weighted by Gasteiger charge is 2.08. The number of carbonyl (C=O) groups excluding carboxylic acids is 1. The molecule has 15 heavy (non-hydrogen) atoms. The lowest BCUT2D eigenvalue weighted by Gasteiger charge is -2.01. The number of pyridine rings is 1. The van der Waals surface area contributed by atoms with E-state index in [9.17, 15) is 4.79 Å². The summed E-state index contributed by atoms with van der Waals surface area (Å²) >= 11 is 1.36. The van der Waals surface area contributed by atoms with Crippen LogP contribution in [0, 0.1) is 0 Å². The Morgan fingerprint density at radius 1 is 1.40 bits per heavy atom. The first kappa shape index (κ1) is 9.79. The maximum atomic E-state index is 11.4. The van der Waals surface area contributed by atoms with Gasteiger partial charge in [-0.05, 0) is 12.1 Å². The van der Waals surface area contributed by atoms with Gasteiger partial charge in [-0.2, -0.15) is 0 Å². The van der Waals surface area contributed by atoms with Crippen molar-refractivity contribution in [2.75, 3.05) is 0 Å². The van der Waals surface area contributed by atoms with Crippen molar-refractivity contribution in [1.82, 2.24) is 9.97 Å². The molecule has 0 aliphatic rings. The van der Waals surface area contributed by atoms with Crippen molar-refractivity contribution in [3.8, 4) is 0 Å². The molecule has 2 aromatic heterocycles. The van der Waals surface area contributed by atoms with Crippen molar-refractivity contribution in [3.05, 3.63) is 46.7 Å². The Balaban J connectivity index is 1.92. The van der Waals surface area contributed by atoms with Crippen molar-refractivity contribution in [2.45, 2.75) is 6.61 Å². The second kappa shape index (κ2) is 4.65. The zero-order chi connectivity index (χ0) is 10.5. The molecule has 0 saturated heterocycles. The molecule has 0 atom stereocenters. The van der Waals surface area contributed by atoms with Crippen molar-refractivity contribution >= 4 is 17.3 Å². The summed E-state index contributed by atoms with van der Waals surface area (Å²) in [5.41, 5.74) is 2.66. The van der Waals surface area contributed by atoms with Crippen LogP contribution < -0.4 is 0 Å². The molecule has 0 bridgehead atoms. The monoisotopic (exact) mass is 220 g/mol. The maximum Gasteiger partial charge on any atom is 0.358 e. The van der Waals surface area contributed by atoms with Crippen LogP contribution in [0.5, 0.6) is 0 Å². The Bertz CT molecular complexity index is 428. The molecule has 0 amide bonds. The Morgan fingerprint density at radius 2 is 2.33 bits per heavy atom. The van der Waals surface area contributed by atoms with Gasteiger partial charge in [-0.3, -0.25) is 4.98 Å². The highest BCUT2D eigenvalue weighted by Crippen LogP contribution is 2.04. The minimum atomic E-state index is -0.415. The van der Waals surface area contributed by atoms with Gasteiger partial charge in [0.1, 0.15) is 6.61 Å². The first-order valence-electron chi connectivity index (χ1n) is 4.31. The number of ether oxygens (including phenoxy) is 1.